The fourth-order valence-electron chi connectivity index (χ4n) is 1.95. The van der Waals surface area contributed by atoms with E-state index in [-0.39, 0.29) is 0 Å². The molecule has 0 fully saturated rings. The Bertz CT molecular complexity index is 627. The van der Waals surface area contributed by atoms with E-state index in [0.717, 1.165) is 34.1 Å². The molecule has 1 aromatic heterocycles. The molecule has 0 bridgehead atoms. The van der Waals surface area contributed by atoms with Gasteiger partial charge in [0.05, 0.1) is 14.2 Å². The minimum atomic E-state index is 0.494. The average Bonchev–Trinajstić information content (AvgIpc) is 2.44. The third-order valence-corrected chi connectivity index (χ3v) is 3.95. The maximum Gasteiger partial charge on any atom is 0.190 e. The van der Waals surface area contributed by atoms with Crippen molar-refractivity contribution in [2.75, 3.05) is 20.0 Å². The Morgan fingerprint density at radius 3 is 2.33 bits per heavy atom. The maximum atomic E-state index is 5.74. The normalized spacial score (nSPS) is 10.5. The van der Waals surface area contributed by atoms with Crippen LogP contribution in [-0.2, 0) is 5.75 Å². The van der Waals surface area contributed by atoms with Crippen molar-refractivity contribution in [3.05, 3.63) is 35.0 Å². The first-order chi connectivity index (χ1) is 10.0. The number of anilines is 1. The number of nitrogens with zero attached hydrogens (tertiary/aromatic N) is 2. The molecule has 0 unspecified atom stereocenters. The summed E-state index contributed by atoms with van der Waals surface area (Å²) in [4.78, 5) is 8.60. The Morgan fingerprint density at radius 2 is 1.71 bits per heavy atom. The summed E-state index contributed by atoms with van der Waals surface area (Å²) in [6.07, 6.45) is 0. The summed E-state index contributed by atoms with van der Waals surface area (Å²) < 4.78 is 10.6. The molecule has 0 radical (unpaired) electrons. The number of aromatic nitrogens is 2. The van der Waals surface area contributed by atoms with Crippen molar-refractivity contribution in [3.8, 4) is 11.5 Å². The molecule has 2 N–H and O–H groups in total. The monoisotopic (exact) mass is 305 g/mol. The molecule has 1 heterocycles. The maximum absolute atomic E-state index is 5.74. The molecule has 5 nitrogen and oxygen atoms in total. The highest BCUT2D eigenvalue weighted by Gasteiger charge is 2.10. The highest BCUT2D eigenvalue weighted by Crippen LogP contribution is 2.32. The standard InChI is InChI=1S/C15H19N3O2S/c1-9-5-12(19-3)13(20-4)7-11(9)8-21-15-17-10(2)6-14(16)18-15/h5-7H,8H2,1-4H3,(H2,16,17,18). The van der Waals surface area contributed by atoms with Gasteiger partial charge in [-0.25, -0.2) is 9.97 Å². The molecular weight excluding hydrogens is 286 g/mol. The Morgan fingerprint density at radius 1 is 1.05 bits per heavy atom. The molecule has 2 aromatic rings. The number of hydrogen-bond donors (Lipinski definition) is 1. The molecule has 0 aliphatic heterocycles. The van der Waals surface area contributed by atoms with Crippen LogP contribution in [0.5, 0.6) is 11.5 Å². The van der Waals surface area contributed by atoms with E-state index in [1.165, 1.54) is 0 Å². The van der Waals surface area contributed by atoms with Gasteiger partial charge in [-0.1, -0.05) is 11.8 Å². The van der Waals surface area contributed by atoms with Gasteiger partial charge in [0, 0.05) is 17.5 Å². The predicted octanol–water partition coefficient (Wildman–Crippen LogP) is 2.99. The number of benzene rings is 1. The van der Waals surface area contributed by atoms with E-state index in [4.69, 9.17) is 15.2 Å². The minimum absolute atomic E-state index is 0.494. The van der Waals surface area contributed by atoms with Gasteiger partial charge >= 0.3 is 0 Å². The van der Waals surface area contributed by atoms with Crippen molar-refractivity contribution < 1.29 is 9.47 Å². The molecule has 0 amide bonds. The molecule has 6 heteroatoms. The first kappa shape index (κ1) is 15.4. The second-order valence-corrected chi connectivity index (χ2v) is 5.58. The number of rotatable bonds is 5. The summed E-state index contributed by atoms with van der Waals surface area (Å²) in [5, 5.41) is 0.682. The van der Waals surface area contributed by atoms with Crippen LogP contribution < -0.4 is 15.2 Å². The predicted molar refractivity (Wildman–Crippen MR) is 85.0 cm³/mol. The Kier molecular flexibility index (Phi) is 4.90. The van der Waals surface area contributed by atoms with Crippen LogP contribution >= 0.6 is 11.8 Å². The van der Waals surface area contributed by atoms with Crippen molar-refractivity contribution in [1.82, 2.24) is 9.97 Å². The first-order valence-corrected chi connectivity index (χ1v) is 7.47. The largest absolute Gasteiger partial charge is 0.493 e. The van der Waals surface area contributed by atoms with E-state index in [9.17, 15) is 0 Å². The average molecular weight is 305 g/mol. The smallest absolute Gasteiger partial charge is 0.190 e. The zero-order valence-corrected chi connectivity index (χ0v) is 13.5. The fraction of sp³-hybridized carbons (Fsp3) is 0.333. The molecule has 0 spiro atoms. The third-order valence-electron chi connectivity index (χ3n) is 3.05. The summed E-state index contributed by atoms with van der Waals surface area (Å²) in [5.41, 5.74) is 8.90. The Hall–Kier alpha value is -1.95. The molecule has 2 rings (SSSR count). The quantitative estimate of drug-likeness (QED) is 0.676. The van der Waals surface area contributed by atoms with E-state index in [0.29, 0.717) is 11.0 Å². The topological polar surface area (TPSA) is 70.3 Å². The van der Waals surface area contributed by atoms with Crippen LogP contribution in [-0.4, -0.2) is 24.2 Å². The van der Waals surface area contributed by atoms with Crippen LogP contribution in [0.3, 0.4) is 0 Å². The van der Waals surface area contributed by atoms with Crippen LogP contribution in [0.4, 0.5) is 5.82 Å². The number of hydrogen-bond acceptors (Lipinski definition) is 6. The van der Waals surface area contributed by atoms with Crippen molar-refractivity contribution >= 4 is 17.6 Å². The van der Waals surface area contributed by atoms with Gasteiger partial charge in [-0.05, 0) is 37.1 Å². The van der Waals surface area contributed by atoms with Gasteiger partial charge in [0.25, 0.3) is 0 Å². The number of thioether (sulfide) groups is 1. The van der Waals surface area contributed by atoms with Crippen molar-refractivity contribution in [2.45, 2.75) is 24.8 Å². The zero-order chi connectivity index (χ0) is 15.4. The van der Waals surface area contributed by atoms with Crippen molar-refractivity contribution in [1.29, 1.82) is 0 Å². The lowest BCUT2D eigenvalue weighted by Gasteiger charge is -2.12. The van der Waals surface area contributed by atoms with Gasteiger partial charge in [0.2, 0.25) is 0 Å². The van der Waals surface area contributed by atoms with E-state index in [1.54, 1.807) is 32.0 Å². The van der Waals surface area contributed by atoms with Gasteiger partial charge < -0.3 is 15.2 Å². The summed E-state index contributed by atoms with van der Waals surface area (Å²) in [6.45, 7) is 3.95. The van der Waals surface area contributed by atoms with E-state index in [1.807, 2.05) is 26.0 Å². The Balaban J connectivity index is 2.19. The van der Waals surface area contributed by atoms with Crippen LogP contribution in [0.15, 0.2) is 23.4 Å². The van der Waals surface area contributed by atoms with Crippen molar-refractivity contribution in [2.24, 2.45) is 0 Å². The van der Waals surface area contributed by atoms with E-state index in [2.05, 4.69) is 9.97 Å². The lowest BCUT2D eigenvalue weighted by atomic mass is 10.1. The van der Waals surface area contributed by atoms with Gasteiger partial charge in [0.15, 0.2) is 16.7 Å². The molecule has 0 saturated heterocycles. The summed E-state index contributed by atoms with van der Waals surface area (Å²) >= 11 is 1.55. The zero-order valence-electron chi connectivity index (χ0n) is 12.6. The van der Waals surface area contributed by atoms with Crippen LogP contribution in [0, 0.1) is 13.8 Å². The summed E-state index contributed by atoms with van der Waals surface area (Å²) in [6, 6.07) is 5.71. The number of ether oxygens (including phenoxy) is 2. The second-order valence-electron chi connectivity index (χ2n) is 4.64. The second kappa shape index (κ2) is 6.67. The molecule has 0 aliphatic carbocycles. The summed E-state index contributed by atoms with van der Waals surface area (Å²) in [5.74, 6) is 2.70. The van der Waals surface area contributed by atoms with Crippen LogP contribution in [0.2, 0.25) is 0 Å². The lowest BCUT2D eigenvalue weighted by Crippen LogP contribution is -1.98. The molecule has 112 valence electrons. The number of nitrogens with two attached hydrogens (primary N) is 1. The lowest BCUT2D eigenvalue weighted by molar-refractivity contribution is 0.354. The van der Waals surface area contributed by atoms with Crippen molar-refractivity contribution in [3.63, 3.8) is 0 Å². The van der Waals surface area contributed by atoms with Crippen LogP contribution in [0.1, 0.15) is 16.8 Å². The van der Waals surface area contributed by atoms with Crippen LogP contribution in [0.25, 0.3) is 0 Å². The highest BCUT2D eigenvalue weighted by atomic mass is 32.2. The molecule has 1 aromatic carbocycles. The van der Waals surface area contributed by atoms with E-state index < -0.39 is 0 Å². The van der Waals surface area contributed by atoms with Gasteiger partial charge in [-0.3, -0.25) is 0 Å². The van der Waals surface area contributed by atoms with Gasteiger partial charge in [-0.15, -0.1) is 0 Å². The number of aryl methyl sites for hydroxylation is 2. The van der Waals surface area contributed by atoms with E-state index >= 15 is 0 Å². The highest BCUT2D eigenvalue weighted by molar-refractivity contribution is 7.98. The molecular formula is C15H19N3O2S. The van der Waals surface area contributed by atoms with Gasteiger partial charge in [0.1, 0.15) is 5.82 Å². The SMILES string of the molecule is COc1cc(C)c(CSc2nc(C)cc(N)n2)cc1OC. The fourth-order valence-corrected chi connectivity index (χ4v) is 2.92. The molecule has 0 atom stereocenters. The molecule has 0 saturated carbocycles. The van der Waals surface area contributed by atoms with Gasteiger partial charge in [-0.2, -0.15) is 0 Å². The molecule has 21 heavy (non-hydrogen) atoms. The molecule has 0 aliphatic rings. The third kappa shape index (κ3) is 3.78. The Labute approximate surface area is 128 Å². The number of nitrogen functional groups attached to an aromatic ring is 1. The summed E-state index contributed by atoms with van der Waals surface area (Å²) in [7, 11) is 3.27. The first-order valence-electron chi connectivity index (χ1n) is 6.49. The number of methoxy groups -OCH3 is 2. The minimum Gasteiger partial charge on any atom is -0.493 e.